The number of hydrogen-bond acceptors (Lipinski definition) is 3. The maximum absolute atomic E-state index is 5.76. The summed E-state index contributed by atoms with van der Waals surface area (Å²) in [4.78, 5) is 8.70. The van der Waals surface area contributed by atoms with E-state index >= 15 is 0 Å². The highest BCUT2D eigenvalue weighted by molar-refractivity contribution is 5.44. The first-order valence-corrected chi connectivity index (χ1v) is 5.98. The van der Waals surface area contributed by atoms with E-state index < -0.39 is 0 Å². The van der Waals surface area contributed by atoms with Crippen molar-refractivity contribution in [3.05, 3.63) is 82.7 Å². The molecule has 2 heterocycles. The lowest BCUT2D eigenvalue weighted by Crippen LogP contribution is -2.25. The van der Waals surface area contributed by atoms with E-state index in [4.69, 9.17) is 4.74 Å². The number of allylic oxidation sites excluding steroid dienone is 3. The van der Waals surface area contributed by atoms with Crippen molar-refractivity contribution >= 4 is 6.08 Å². The van der Waals surface area contributed by atoms with Gasteiger partial charge in [-0.3, -0.25) is 9.98 Å². The van der Waals surface area contributed by atoms with Gasteiger partial charge in [-0.05, 0) is 18.2 Å². The minimum absolute atomic E-state index is 0.552. The topological polar surface area (TPSA) is 34.5 Å². The SMILES string of the molecule is C=C1/C=c2/cncc/c2=N/CC2=C(C=C=CC=C2)O1. The summed E-state index contributed by atoms with van der Waals surface area (Å²) in [6, 6.07) is 1.89. The van der Waals surface area contributed by atoms with Crippen LogP contribution in [-0.2, 0) is 4.74 Å². The third-order valence-electron chi connectivity index (χ3n) is 2.83. The summed E-state index contributed by atoms with van der Waals surface area (Å²) in [7, 11) is 0. The summed E-state index contributed by atoms with van der Waals surface area (Å²) in [5.41, 5.74) is 4.03. The molecule has 0 saturated heterocycles. The Morgan fingerprint density at radius 3 is 3.26 bits per heavy atom. The molecule has 3 rings (SSSR count). The molecule has 0 atom stereocenters. The summed E-state index contributed by atoms with van der Waals surface area (Å²) in [6.45, 7) is 4.47. The minimum atomic E-state index is 0.552. The second-order valence-corrected chi connectivity index (χ2v) is 4.19. The van der Waals surface area contributed by atoms with E-state index in [2.05, 4.69) is 22.3 Å². The third-order valence-corrected chi connectivity index (χ3v) is 2.83. The number of hydrogen-bond donors (Lipinski definition) is 0. The van der Waals surface area contributed by atoms with Gasteiger partial charge in [-0.15, -0.1) is 5.73 Å². The van der Waals surface area contributed by atoms with Crippen LogP contribution in [0.4, 0.5) is 0 Å². The van der Waals surface area contributed by atoms with Gasteiger partial charge >= 0.3 is 0 Å². The fourth-order valence-electron chi connectivity index (χ4n) is 1.91. The van der Waals surface area contributed by atoms with E-state index in [1.165, 1.54) is 0 Å². The van der Waals surface area contributed by atoms with Gasteiger partial charge in [0.05, 0.1) is 11.9 Å². The molecule has 0 radical (unpaired) electrons. The predicted molar refractivity (Wildman–Crippen MR) is 73.4 cm³/mol. The van der Waals surface area contributed by atoms with Gasteiger partial charge in [0.25, 0.3) is 0 Å². The van der Waals surface area contributed by atoms with Crippen LogP contribution in [0.1, 0.15) is 0 Å². The molecule has 3 heteroatoms. The maximum Gasteiger partial charge on any atom is 0.140 e. The van der Waals surface area contributed by atoms with Crippen LogP contribution < -0.4 is 10.6 Å². The van der Waals surface area contributed by atoms with Crippen molar-refractivity contribution in [2.75, 3.05) is 6.54 Å². The van der Waals surface area contributed by atoms with E-state index in [1.54, 1.807) is 18.5 Å². The first-order valence-electron chi connectivity index (χ1n) is 5.98. The molecule has 1 aromatic heterocycles. The van der Waals surface area contributed by atoms with Gasteiger partial charge in [-0.1, -0.05) is 18.7 Å². The van der Waals surface area contributed by atoms with Crippen LogP contribution in [0.25, 0.3) is 6.08 Å². The molecule has 0 fully saturated rings. The Bertz CT molecular complexity index is 775. The summed E-state index contributed by atoms with van der Waals surface area (Å²) < 4.78 is 5.76. The summed E-state index contributed by atoms with van der Waals surface area (Å²) in [5, 5.41) is 1.80. The van der Waals surface area contributed by atoms with Crippen LogP contribution in [0.5, 0.6) is 0 Å². The monoisotopic (exact) mass is 248 g/mol. The van der Waals surface area contributed by atoms with E-state index in [-0.39, 0.29) is 0 Å². The molecule has 1 aliphatic heterocycles. The molecule has 19 heavy (non-hydrogen) atoms. The Morgan fingerprint density at radius 1 is 1.37 bits per heavy atom. The van der Waals surface area contributed by atoms with E-state index in [1.807, 2.05) is 30.4 Å². The van der Waals surface area contributed by atoms with Gasteiger partial charge in [0.2, 0.25) is 0 Å². The number of aromatic nitrogens is 1. The third kappa shape index (κ3) is 2.46. The van der Waals surface area contributed by atoms with Crippen LogP contribution in [0, 0.1) is 0 Å². The fraction of sp³-hybridized carbons (Fsp3) is 0.0625. The zero-order valence-corrected chi connectivity index (χ0v) is 10.3. The molecule has 0 aromatic carbocycles. The van der Waals surface area contributed by atoms with Crippen LogP contribution in [0.3, 0.4) is 0 Å². The zero-order chi connectivity index (χ0) is 13.1. The highest BCUT2D eigenvalue weighted by Crippen LogP contribution is 2.16. The van der Waals surface area contributed by atoms with Gasteiger partial charge in [-0.25, -0.2) is 0 Å². The van der Waals surface area contributed by atoms with E-state index in [0.29, 0.717) is 12.3 Å². The van der Waals surface area contributed by atoms with Crippen LogP contribution >= 0.6 is 0 Å². The molecular formula is C16H12N2O. The quantitative estimate of drug-likeness (QED) is 0.653. The average molecular weight is 248 g/mol. The largest absolute Gasteiger partial charge is 0.457 e. The van der Waals surface area contributed by atoms with Crippen molar-refractivity contribution in [2.45, 2.75) is 0 Å². The number of nitrogens with zero attached hydrogens (tertiary/aromatic N) is 2. The Kier molecular flexibility index (Phi) is 2.97. The number of fused-ring (bicyclic) bond motifs is 1. The number of rotatable bonds is 0. The van der Waals surface area contributed by atoms with E-state index in [0.717, 1.165) is 21.9 Å². The van der Waals surface area contributed by atoms with Crippen LogP contribution in [-0.4, -0.2) is 11.5 Å². The van der Waals surface area contributed by atoms with Crippen molar-refractivity contribution in [2.24, 2.45) is 4.99 Å². The van der Waals surface area contributed by atoms with Crippen molar-refractivity contribution in [3.63, 3.8) is 0 Å². The smallest absolute Gasteiger partial charge is 0.140 e. The van der Waals surface area contributed by atoms with Gasteiger partial charge in [-0.2, -0.15) is 0 Å². The first kappa shape index (κ1) is 11.5. The molecule has 1 aromatic rings. The summed E-state index contributed by atoms with van der Waals surface area (Å²) >= 11 is 0. The highest BCUT2D eigenvalue weighted by atomic mass is 16.5. The van der Waals surface area contributed by atoms with Crippen molar-refractivity contribution < 1.29 is 4.74 Å². The predicted octanol–water partition coefficient (Wildman–Crippen LogP) is 1.56. The lowest BCUT2D eigenvalue weighted by molar-refractivity contribution is 0.341. The standard InChI is InChI=1S/C16H12N2O/c1-12-9-14-10-17-8-7-15(14)18-11-13-5-3-2-4-6-16(13)19-12/h2-3,5-10H,1,11H2/b14-9-,18-15-. The summed E-state index contributed by atoms with van der Waals surface area (Å²) in [5.74, 6) is 1.29. The molecule has 2 aliphatic rings. The molecule has 3 nitrogen and oxygen atoms in total. The second kappa shape index (κ2) is 4.92. The molecule has 0 spiro atoms. The lowest BCUT2D eigenvalue weighted by atomic mass is 10.2. The Labute approximate surface area is 111 Å². The Morgan fingerprint density at radius 2 is 2.32 bits per heavy atom. The molecular weight excluding hydrogens is 236 g/mol. The Balaban J connectivity index is 2.18. The normalized spacial score (nSPS) is 20.5. The Hall–Kier alpha value is -2.64. The molecule has 0 saturated carbocycles. The molecule has 0 amide bonds. The average Bonchev–Trinajstić information content (AvgIpc) is 2.59. The van der Waals surface area contributed by atoms with Crippen LogP contribution in [0.15, 0.2) is 77.2 Å². The molecule has 0 N–H and O–H groups in total. The van der Waals surface area contributed by atoms with Gasteiger partial charge < -0.3 is 4.74 Å². The molecule has 0 unspecified atom stereocenters. The van der Waals surface area contributed by atoms with Gasteiger partial charge in [0, 0.05) is 29.3 Å². The van der Waals surface area contributed by atoms with E-state index in [9.17, 15) is 0 Å². The molecule has 1 aliphatic carbocycles. The van der Waals surface area contributed by atoms with Crippen molar-refractivity contribution in [3.8, 4) is 0 Å². The zero-order valence-electron chi connectivity index (χ0n) is 10.3. The molecule has 92 valence electrons. The molecule has 0 bridgehead atoms. The highest BCUT2D eigenvalue weighted by Gasteiger charge is 2.07. The van der Waals surface area contributed by atoms with Crippen molar-refractivity contribution in [1.29, 1.82) is 0 Å². The van der Waals surface area contributed by atoms with Crippen molar-refractivity contribution in [1.82, 2.24) is 4.98 Å². The number of ether oxygens (including phenoxy) is 1. The maximum atomic E-state index is 5.76. The summed E-state index contributed by atoms with van der Waals surface area (Å²) in [6.07, 6.45) is 12.9. The number of pyridine rings is 1. The van der Waals surface area contributed by atoms with Gasteiger partial charge in [0.1, 0.15) is 11.5 Å². The van der Waals surface area contributed by atoms with Crippen LogP contribution in [0.2, 0.25) is 0 Å². The first-order chi connectivity index (χ1) is 9.33. The second-order valence-electron chi connectivity index (χ2n) is 4.19. The lowest BCUT2D eigenvalue weighted by Gasteiger charge is -2.07. The van der Waals surface area contributed by atoms with Gasteiger partial charge in [0.15, 0.2) is 0 Å². The fourth-order valence-corrected chi connectivity index (χ4v) is 1.91. The minimum Gasteiger partial charge on any atom is -0.457 e.